The molecule has 2 fully saturated rings. The highest BCUT2D eigenvalue weighted by Gasteiger charge is 2.44. The van der Waals surface area contributed by atoms with E-state index in [1.165, 1.54) is 14.2 Å². The summed E-state index contributed by atoms with van der Waals surface area (Å²) in [6.07, 6.45) is 2.85. The number of fused-ring (bicyclic) bond motifs is 6. The molecule has 322 valence electrons. The molecule has 6 atom stereocenters. The molecule has 0 saturated carbocycles. The summed E-state index contributed by atoms with van der Waals surface area (Å²) in [6.45, 7) is 14.7. The maximum absolute atomic E-state index is 14.1. The molecule has 3 aliphatic rings. The number of likely N-dealkylation sites (tertiary alicyclic amines) is 2. The number of alkyl carbamates (subject to hydrolysis) is 2. The van der Waals surface area contributed by atoms with Crippen molar-refractivity contribution < 1.29 is 33.4 Å². The van der Waals surface area contributed by atoms with E-state index in [-0.39, 0.29) is 41.8 Å². The number of nitrogens with one attached hydrogen (secondary N) is 4. The van der Waals surface area contributed by atoms with Gasteiger partial charge in [0.25, 0.3) is 0 Å². The fraction of sp³-hybridized carbons (Fsp3) is 0.478. The zero-order chi connectivity index (χ0) is 43.5. The van der Waals surface area contributed by atoms with Gasteiger partial charge in [-0.1, -0.05) is 59.7 Å². The summed E-state index contributed by atoms with van der Waals surface area (Å²) in [6, 6.07) is 12.6. The first-order chi connectivity index (χ1) is 29.1. The van der Waals surface area contributed by atoms with Gasteiger partial charge in [0, 0.05) is 23.5 Å². The van der Waals surface area contributed by atoms with Crippen LogP contribution in [-0.2, 0) is 25.7 Å². The third kappa shape index (κ3) is 7.74. The Morgan fingerprint density at radius 2 is 1.64 bits per heavy atom. The summed E-state index contributed by atoms with van der Waals surface area (Å²) < 4.78 is 16.1. The zero-order valence-corrected chi connectivity index (χ0v) is 36.3. The molecule has 3 aromatic carbocycles. The average molecular weight is 833 g/mol. The third-order valence-corrected chi connectivity index (χ3v) is 12.6. The van der Waals surface area contributed by atoms with Gasteiger partial charge >= 0.3 is 12.2 Å². The fourth-order valence-electron chi connectivity index (χ4n) is 9.31. The molecule has 2 aromatic heterocycles. The van der Waals surface area contributed by atoms with Crippen LogP contribution in [0.15, 0.2) is 48.7 Å². The van der Waals surface area contributed by atoms with Gasteiger partial charge in [-0.3, -0.25) is 9.59 Å². The van der Waals surface area contributed by atoms with Gasteiger partial charge in [0.15, 0.2) is 0 Å². The number of hydrogen-bond acceptors (Lipinski definition) is 9. The standard InChI is InChI=1S/C46H56N8O7/c1-23(2)37(51-44(57)59-8)42(55)54-25(4)10-15-34(54)40-47-20-33(49-40)27-11-13-29-28(17-27)22-61-36-19-30-26(18-31(29)36)12-14-32-38(30)50-41(48-32)35-16-24(3)21-53(35)43(56)39(46(5,6)7)52-45(58)60-9/h11-14,17-20,23-25,34-35,37,39H,10,15-16,21-22H2,1-9H3,(H,47,49)(H,48,50)(H,51,57)(H,52,58)/t24-,25-,34?,35-,37-,39+/m0/s1. The first kappa shape index (κ1) is 41.6. The summed E-state index contributed by atoms with van der Waals surface area (Å²) in [4.78, 5) is 73.0. The lowest BCUT2D eigenvalue weighted by Gasteiger charge is -2.35. The number of aromatic nitrogens is 4. The molecule has 5 heterocycles. The maximum Gasteiger partial charge on any atom is 0.407 e. The van der Waals surface area contributed by atoms with Crippen LogP contribution in [0.5, 0.6) is 5.75 Å². The molecular weight excluding hydrogens is 777 g/mol. The van der Waals surface area contributed by atoms with Crippen LogP contribution < -0.4 is 15.4 Å². The third-order valence-electron chi connectivity index (χ3n) is 12.6. The summed E-state index contributed by atoms with van der Waals surface area (Å²) in [5, 5.41) is 7.46. The minimum atomic E-state index is -0.775. The van der Waals surface area contributed by atoms with Crippen LogP contribution >= 0.6 is 0 Å². The molecule has 4 N–H and O–H groups in total. The van der Waals surface area contributed by atoms with Gasteiger partial charge in [-0.15, -0.1) is 0 Å². The molecule has 2 saturated heterocycles. The lowest BCUT2D eigenvalue weighted by Crippen LogP contribution is -2.54. The number of imidazole rings is 2. The van der Waals surface area contributed by atoms with E-state index in [0.717, 1.165) is 74.8 Å². The van der Waals surface area contributed by atoms with Crippen LogP contribution in [0.25, 0.3) is 44.2 Å². The van der Waals surface area contributed by atoms with Gasteiger partial charge in [0.05, 0.1) is 49.2 Å². The minimum Gasteiger partial charge on any atom is -0.488 e. The molecule has 15 nitrogen and oxygen atoms in total. The molecule has 1 unspecified atom stereocenters. The number of hydrogen-bond donors (Lipinski definition) is 4. The lowest BCUT2D eigenvalue weighted by atomic mass is 9.85. The van der Waals surface area contributed by atoms with Gasteiger partial charge in [-0.25, -0.2) is 19.6 Å². The Morgan fingerprint density at radius 3 is 2.36 bits per heavy atom. The quantitative estimate of drug-likeness (QED) is 0.121. The van der Waals surface area contributed by atoms with Crippen molar-refractivity contribution in [3.05, 3.63) is 65.9 Å². The van der Waals surface area contributed by atoms with E-state index >= 15 is 0 Å². The SMILES string of the molecule is COC(=O)N[C@H](C(=O)N1C(c2ncc(-c3ccc4c(c3)COc3cc5c(ccc6[nH]c([C@@H]7C[C@H](C)CN7C(=O)[C@@H](NC(=O)OC)C(C)(C)C)nc65)cc3-4)[nH]2)CC[C@@H]1C)C(C)C. The van der Waals surface area contributed by atoms with Crippen LogP contribution in [-0.4, -0.2) is 92.6 Å². The molecule has 0 radical (unpaired) electrons. The van der Waals surface area contributed by atoms with E-state index in [4.69, 9.17) is 24.2 Å². The van der Waals surface area contributed by atoms with Gasteiger partial charge in [-0.05, 0) is 89.8 Å². The van der Waals surface area contributed by atoms with Crippen molar-refractivity contribution in [3.8, 4) is 28.1 Å². The zero-order valence-electron chi connectivity index (χ0n) is 36.3. The Morgan fingerprint density at radius 1 is 0.885 bits per heavy atom. The topological polar surface area (TPSA) is 184 Å². The Labute approximate surface area is 355 Å². The van der Waals surface area contributed by atoms with E-state index < -0.39 is 29.7 Å². The molecule has 8 rings (SSSR count). The van der Waals surface area contributed by atoms with Crippen molar-refractivity contribution in [3.63, 3.8) is 0 Å². The Bertz CT molecular complexity index is 2520. The second-order valence-corrected chi connectivity index (χ2v) is 18.3. The number of carbonyl (C=O) groups is 4. The summed E-state index contributed by atoms with van der Waals surface area (Å²) >= 11 is 0. The van der Waals surface area contributed by atoms with Crippen LogP contribution in [0.1, 0.15) is 97.0 Å². The number of benzene rings is 3. The Hall–Kier alpha value is -6.12. The highest BCUT2D eigenvalue weighted by Crippen LogP contribution is 2.44. The van der Waals surface area contributed by atoms with Crippen molar-refractivity contribution >= 4 is 45.8 Å². The second kappa shape index (κ2) is 16.1. The normalized spacial score (nSPS) is 20.9. The number of H-pyrrole nitrogens is 2. The van der Waals surface area contributed by atoms with Crippen molar-refractivity contribution in [1.29, 1.82) is 0 Å². The number of rotatable bonds is 8. The summed E-state index contributed by atoms with van der Waals surface area (Å²) in [5.41, 5.74) is 6.03. The Kier molecular flexibility index (Phi) is 10.9. The van der Waals surface area contributed by atoms with E-state index in [1.54, 1.807) is 0 Å². The molecule has 0 aliphatic carbocycles. The first-order valence-electron chi connectivity index (χ1n) is 21.2. The van der Waals surface area contributed by atoms with Crippen LogP contribution in [0.2, 0.25) is 0 Å². The second-order valence-electron chi connectivity index (χ2n) is 18.3. The first-order valence-corrected chi connectivity index (χ1v) is 21.2. The Balaban J connectivity index is 1.05. The maximum atomic E-state index is 14.1. The highest BCUT2D eigenvalue weighted by molar-refractivity contribution is 6.07. The molecule has 15 heteroatoms. The predicted octanol–water partition coefficient (Wildman–Crippen LogP) is 7.78. The van der Waals surface area contributed by atoms with Gasteiger partial charge in [-0.2, -0.15) is 0 Å². The number of nitrogens with zero attached hydrogens (tertiary/aromatic N) is 4. The smallest absolute Gasteiger partial charge is 0.407 e. The van der Waals surface area contributed by atoms with Crippen molar-refractivity contribution in [2.75, 3.05) is 20.8 Å². The molecule has 5 aromatic rings. The number of ether oxygens (including phenoxy) is 3. The molecule has 0 bridgehead atoms. The predicted molar refractivity (Wildman–Crippen MR) is 230 cm³/mol. The van der Waals surface area contributed by atoms with Crippen LogP contribution in [0.3, 0.4) is 0 Å². The number of carbonyl (C=O) groups excluding carboxylic acids is 4. The summed E-state index contributed by atoms with van der Waals surface area (Å²) in [5.74, 6) is 1.98. The van der Waals surface area contributed by atoms with E-state index in [2.05, 4.69) is 63.9 Å². The van der Waals surface area contributed by atoms with Gasteiger partial charge in [0.1, 0.15) is 36.1 Å². The molecular formula is C46H56N8O7. The number of amides is 4. The highest BCUT2D eigenvalue weighted by atomic mass is 16.5. The number of methoxy groups -OCH3 is 2. The fourth-order valence-corrected chi connectivity index (χ4v) is 9.31. The van der Waals surface area contributed by atoms with Crippen LogP contribution in [0, 0.1) is 17.3 Å². The molecule has 0 spiro atoms. The van der Waals surface area contributed by atoms with Crippen molar-refractivity contribution in [1.82, 2.24) is 40.4 Å². The van der Waals surface area contributed by atoms with Gasteiger partial charge < -0.3 is 44.6 Å². The lowest BCUT2D eigenvalue weighted by molar-refractivity contribution is -0.138. The van der Waals surface area contributed by atoms with Crippen LogP contribution in [0.4, 0.5) is 9.59 Å². The molecule has 61 heavy (non-hydrogen) atoms. The van der Waals surface area contributed by atoms with E-state index in [0.29, 0.717) is 24.8 Å². The summed E-state index contributed by atoms with van der Waals surface area (Å²) in [7, 11) is 2.59. The molecule has 3 aliphatic heterocycles. The van der Waals surface area contributed by atoms with Gasteiger partial charge in [0.2, 0.25) is 11.8 Å². The van der Waals surface area contributed by atoms with Crippen molar-refractivity contribution in [2.24, 2.45) is 17.3 Å². The van der Waals surface area contributed by atoms with E-state index in [9.17, 15) is 19.2 Å². The van der Waals surface area contributed by atoms with Crippen molar-refractivity contribution in [2.45, 2.75) is 105 Å². The largest absolute Gasteiger partial charge is 0.488 e. The van der Waals surface area contributed by atoms with E-state index in [1.807, 2.05) is 63.6 Å². The minimum absolute atomic E-state index is 0.0169. The average Bonchev–Trinajstić information content (AvgIpc) is 4.05. The number of aromatic amines is 2. The monoisotopic (exact) mass is 832 g/mol. The molecule has 4 amide bonds.